The fourth-order valence-corrected chi connectivity index (χ4v) is 7.16. The molecule has 0 amide bonds. The van der Waals surface area contributed by atoms with Crippen LogP contribution in [0.25, 0.3) is 0 Å². The monoisotopic (exact) mass is 890 g/mol. The summed E-state index contributed by atoms with van der Waals surface area (Å²) in [7, 11) is 2.42. The first-order valence-electron chi connectivity index (χ1n) is 17.0. The molecule has 5 aliphatic heterocycles. The van der Waals surface area contributed by atoms with Gasteiger partial charge in [0.25, 0.3) is 0 Å². The number of carbonyl (C=O) groups excluding carboxylic acids is 9. The first-order valence-corrected chi connectivity index (χ1v) is 17.0. The van der Waals surface area contributed by atoms with Crippen molar-refractivity contribution in [2.45, 2.75) is 48.8 Å². The molecular formula is C38H38Na4O19. The second-order valence-corrected chi connectivity index (χ2v) is 12.7. The Morgan fingerprint density at radius 3 is 1.33 bits per heavy atom. The zero-order valence-electron chi connectivity index (χ0n) is 34.4. The minimum absolute atomic E-state index is 0. The van der Waals surface area contributed by atoms with Crippen LogP contribution in [0.5, 0.6) is 0 Å². The third kappa shape index (κ3) is 14.6. The Morgan fingerprint density at radius 1 is 0.557 bits per heavy atom. The van der Waals surface area contributed by atoms with Crippen molar-refractivity contribution in [2.75, 3.05) is 14.2 Å². The second kappa shape index (κ2) is 28.8. The fourth-order valence-electron chi connectivity index (χ4n) is 7.16. The van der Waals surface area contributed by atoms with Gasteiger partial charge in [0, 0.05) is 29.7 Å². The normalized spacial score (nSPS) is 34.0. The molecule has 15 atom stereocenters. The minimum Gasteiger partial charge on any atom is -0.553 e. The van der Waals surface area contributed by atoms with Crippen molar-refractivity contribution in [3.05, 3.63) is 81.3 Å². The predicted octanol–water partition coefficient (Wildman–Crippen LogP) is -15.5. The van der Waals surface area contributed by atoms with Gasteiger partial charge in [-0.25, -0.2) is 0 Å². The number of carboxylic acids is 3. The molecular weight excluding hydrogens is 852 g/mol. The topological polar surface area (TPSA) is 287 Å². The molecule has 5 saturated heterocycles. The van der Waals surface area contributed by atoms with Crippen LogP contribution < -0.4 is 134 Å². The van der Waals surface area contributed by atoms with Gasteiger partial charge in [0.05, 0.1) is 56.9 Å². The molecule has 15 unspecified atom stereocenters. The van der Waals surface area contributed by atoms with Crippen LogP contribution in [0.15, 0.2) is 74.9 Å². The van der Waals surface area contributed by atoms with E-state index in [1.54, 1.807) is 0 Å². The van der Waals surface area contributed by atoms with E-state index < -0.39 is 132 Å². The van der Waals surface area contributed by atoms with Crippen molar-refractivity contribution in [3.63, 3.8) is 0 Å². The van der Waals surface area contributed by atoms with Gasteiger partial charge in [-0.2, -0.15) is 9.59 Å². The number of methoxy groups -OCH3 is 2. The zero-order valence-corrected chi connectivity index (χ0v) is 42.4. The van der Waals surface area contributed by atoms with E-state index in [1.807, 2.05) is 0 Å². The summed E-state index contributed by atoms with van der Waals surface area (Å²) in [6.07, 6.45) is 5.95. The van der Waals surface area contributed by atoms with Gasteiger partial charge in [0.1, 0.15) is 23.7 Å². The van der Waals surface area contributed by atoms with E-state index in [2.05, 4.69) is 26.3 Å². The summed E-state index contributed by atoms with van der Waals surface area (Å²) in [5, 5.41) is 33.6. The van der Waals surface area contributed by atoms with Crippen molar-refractivity contribution in [3.8, 4) is 0 Å². The summed E-state index contributed by atoms with van der Waals surface area (Å²) in [6, 6.07) is 0. The van der Waals surface area contributed by atoms with Gasteiger partial charge < -0.3 is 62.9 Å². The average Bonchev–Trinajstić information content (AvgIpc) is 4.00. The number of hydrogen-bond donors (Lipinski definition) is 0. The Kier molecular flexibility index (Phi) is 29.0. The van der Waals surface area contributed by atoms with Gasteiger partial charge in [0.15, 0.2) is 0 Å². The van der Waals surface area contributed by atoms with Crippen LogP contribution in [0.2, 0.25) is 0 Å². The second-order valence-electron chi connectivity index (χ2n) is 12.7. The summed E-state index contributed by atoms with van der Waals surface area (Å²) >= 11 is 0. The van der Waals surface area contributed by atoms with E-state index in [9.17, 15) is 48.9 Å². The van der Waals surface area contributed by atoms with Crippen molar-refractivity contribution < 1.29 is 210 Å². The largest absolute Gasteiger partial charge is 1.00 e. The van der Waals surface area contributed by atoms with E-state index in [-0.39, 0.29) is 124 Å². The number of aliphatic carboxylic acids is 3. The van der Waals surface area contributed by atoms with Gasteiger partial charge in [0.2, 0.25) is 0 Å². The summed E-state index contributed by atoms with van der Waals surface area (Å²) in [5.41, 5.74) is 0. The molecule has 5 fully saturated rings. The molecule has 0 N–H and O–H groups in total. The number of fused-ring (bicyclic) bond motifs is 1. The standard InChI is InChI=1S/C20H22O9.C17H19O8.CO2.4Na/c1-5-9-13(17(21)25-3)15(18(22)26-4)11(27-9)7-8-12-16-14(10(6-2)28-12)19(23)29-20(16)24;1-3-10-9(15(18)19)7-8(24-10)5-6-12-14(17(22)23)13(16(20)21)11(4-2)25-12;2-1-3;;;;/h5-16H,1-2H2,3-4H3;3-14H,1-2H2,(H,18,19)(H,20,21)(H,22,23);;;;;/q;-1;;4*+1/p-3/b8-7-;6-5-;;;;;. The molecule has 0 aromatic heterocycles. The van der Waals surface area contributed by atoms with Gasteiger partial charge in [-0.15, -0.1) is 26.3 Å². The average molecular weight is 891 g/mol. The fraction of sp³-hybridized carbons (Fsp3) is 0.447. The SMILES string of the molecule is C=CC1OC(/C=C\C2OC(C=C)C(C(=O)[O-])C2C(=O)[O-])[CH-]C1C(=O)[O-].C=CC1OC(/C=C\C2OC(C=C)C3C(=O)OC(=O)C23)C(C(=O)OC)C1C(=O)OC.O=C=O.[Na+].[Na+].[Na+].[Na+]. The molecule has 23 heteroatoms. The molecule has 5 rings (SSSR count). The van der Waals surface area contributed by atoms with Crippen LogP contribution in [-0.4, -0.2) is 111 Å². The smallest absolute Gasteiger partial charge is 0.553 e. The summed E-state index contributed by atoms with van der Waals surface area (Å²) in [5.74, 6) is -14.5. The molecule has 5 heterocycles. The number of hydrogen-bond acceptors (Lipinski definition) is 19. The summed E-state index contributed by atoms with van der Waals surface area (Å²) < 4.78 is 36.7. The van der Waals surface area contributed by atoms with Gasteiger partial charge >= 0.3 is 148 Å². The summed E-state index contributed by atoms with van der Waals surface area (Å²) in [6.45, 7) is 14.2. The van der Waals surface area contributed by atoms with Crippen molar-refractivity contribution >= 4 is 47.9 Å². The van der Waals surface area contributed by atoms with E-state index in [0.29, 0.717) is 0 Å². The first kappa shape index (κ1) is 61.2. The number of esters is 4. The Hall–Kier alpha value is -1.85. The van der Waals surface area contributed by atoms with Crippen molar-refractivity contribution in [2.24, 2.45) is 41.4 Å². The number of cyclic esters (lactones) is 2. The zero-order chi connectivity index (χ0) is 42.7. The predicted molar refractivity (Wildman–Crippen MR) is 178 cm³/mol. The van der Waals surface area contributed by atoms with Crippen LogP contribution in [0, 0.1) is 47.8 Å². The molecule has 19 nitrogen and oxygen atoms in total. The van der Waals surface area contributed by atoms with Gasteiger partial charge in [-0.3, -0.25) is 25.6 Å². The van der Waals surface area contributed by atoms with Gasteiger partial charge in [-0.1, -0.05) is 54.5 Å². The molecule has 0 saturated carbocycles. The van der Waals surface area contributed by atoms with Crippen LogP contribution in [-0.2, 0) is 76.3 Å². The first-order chi connectivity index (χ1) is 27.1. The van der Waals surface area contributed by atoms with Crippen molar-refractivity contribution in [1.82, 2.24) is 0 Å². The molecule has 0 spiro atoms. The Bertz CT molecular complexity index is 1730. The van der Waals surface area contributed by atoms with Crippen LogP contribution in [0.4, 0.5) is 0 Å². The van der Waals surface area contributed by atoms with Crippen LogP contribution >= 0.6 is 0 Å². The number of rotatable bonds is 13. The Labute approximate surface area is 438 Å². The number of ether oxygens (including phenoxy) is 7. The molecule has 0 aliphatic carbocycles. The van der Waals surface area contributed by atoms with Crippen molar-refractivity contribution in [1.29, 1.82) is 0 Å². The Morgan fingerprint density at radius 2 is 0.918 bits per heavy atom. The third-order valence-corrected chi connectivity index (χ3v) is 9.71. The van der Waals surface area contributed by atoms with E-state index >= 15 is 0 Å². The quantitative estimate of drug-likeness (QED) is 0.0414. The maximum Gasteiger partial charge on any atom is 1.00 e. The molecule has 308 valence electrons. The van der Waals surface area contributed by atoms with E-state index in [0.717, 1.165) is 0 Å². The van der Waals surface area contributed by atoms with E-state index in [1.165, 1.54) is 69.2 Å². The maximum atomic E-state index is 12.3. The summed E-state index contributed by atoms with van der Waals surface area (Å²) in [4.78, 5) is 98.4. The molecule has 0 aromatic rings. The number of carbonyl (C=O) groups is 7. The molecule has 5 aliphatic rings. The Balaban J connectivity index is 0. The number of carboxylic acid groups (broad SMARTS) is 3. The van der Waals surface area contributed by atoms with E-state index in [4.69, 9.17) is 42.7 Å². The third-order valence-electron chi connectivity index (χ3n) is 9.71. The van der Waals surface area contributed by atoms with Crippen LogP contribution in [0.3, 0.4) is 0 Å². The van der Waals surface area contributed by atoms with Gasteiger partial charge in [-0.05, 0) is 6.10 Å². The molecule has 0 radical (unpaired) electrons. The molecule has 61 heavy (non-hydrogen) atoms. The van der Waals surface area contributed by atoms with Crippen LogP contribution in [0.1, 0.15) is 0 Å². The molecule has 0 bridgehead atoms. The maximum absolute atomic E-state index is 12.3. The molecule has 0 aromatic carbocycles. The minimum atomic E-state index is -1.60.